The van der Waals surface area contributed by atoms with Crippen LogP contribution in [0.1, 0.15) is 19.8 Å². The Kier molecular flexibility index (Phi) is 5.76. The first-order valence-corrected chi connectivity index (χ1v) is 5.98. The molecular formula is C4H9N9Si. The van der Waals surface area contributed by atoms with Gasteiger partial charge in [-0.2, -0.15) is 0 Å². The van der Waals surface area contributed by atoms with Crippen molar-refractivity contribution in [2.45, 2.75) is 25.8 Å². The van der Waals surface area contributed by atoms with E-state index in [1.807, 2.05) is 6.92 Å². The highest BCUT2D eigenvalue weighted by molar-refractivity contribution is 6.74. The second kappa shape index (κ2) is 6.64. The van der Waals surface area contributed by atoms with Gasteiger partial charge in [0.2, 0.25) is 0 Å². The Hall–Kier alpha value is -1.85. The van der Waals surface area contributed by atoms with E-state index in [0.29, 0.717) is 12.5 Å². The quantitative estimate of drug-likeness (QED) is 0.273. The lowest BCUT2D eigenvalue weighted by molar-refractivity contribution is 0.858. The van der Waals surface area contributed by atoms with Gasteiger partial charge in [0.1, 0.15) is 0 Å². The lowest BCUT2D eigenvalue weighted by Crippen LogP contribution is -2.25. The van der Waals surface area contributed by atoms with E-state index in [0.717, 1.165) is 6.42 Å². The minimum absolute atomic E-state index is 0.349. The lowest BCUT2D eigenvalue weighted by Gasteiger charge is -2.11. The number of azide groups is 1. The van der Waals surface area contributed by atoms with E-state index >= 15 is 0 Å². The zero-order chi connectivity index (χ0) is 10.9. The highest BCUT2D eigenvalue weighted by atomic mass is 28.4. The van der Waals surface area contributed by atoms with Crippen molar-refractivity contribution in [3.05, 3.63) is 31.3 Å². The van der Waals surface area contributed by atoms with Crippen LogP contribution in [0, 0.1) is 0 Å². The van der Waals surface area contributed by atoms with Crippen molar-refractivity contribution in [2.24, 2.45) is 14.3 Å². The summed E-state index contributed by atoms with van der Waals surface area (Å²) in [5, 5.41) is 0. The Morgan fingerprint density at radius 2 is 1.43 bits per heavy atom. The van der Waals surface area contributed by atoms with Gasteiger partial charge in [0.05, 0.1) is 0 Å². The Bertz CT molecular complexity index is 272. The maximum absolute atomic E-state index is 8.28. The van der Waals surface area contributed by atoms with E-state index < -0.39 is 8.56 Å². The summed E-state index contributed by atoms with van der Waals surface area (Å²) in [4.78, 5) is 7.67. The summed E-state index contributed by atoms with van der Waals surface area (Å²) < 4.78 is 10.1. The van der Waals surface area contributed by atoms with Gasteiger partial charge in [0, 0.05) is 0 Å². The topological polar surface area (TPSA) is 146 Å². The van der Waals surface area contributed by atoms with E-state index in [9.17, 15) is 0 Å². The Labute approximate surface area is 80.9 Å². The highest BCUT2D eigenvalue weighted by Gasteiger charge is 2.30. The van der Waals surface area contributed by atoms with Crippen LogP contribution >= 0.6 is 0 Å². The van der Waals surface area contributed by atoms with Gasteiger partial charge in [-0.1, -0.05) is 19.8 Å². The van der Waals surface area contributed by atoms with Crippen molar-refractivity contribution in [2.75, 3.05) is 0 Å². The van der Waals surface area contributed by atoms with Gasteiger partial charge in [-0.05, 0) is 37.4 Å². The predicted octanol–water partition coefficient (Wildman–Crippen LogP) is 3.66. The van der Waals surface area contributed by atoms with E-state index in [1.54, 1.807) is 0 Å². The van der Waals surface area contributed by atoms with Gasteiger partial charge >= 0.3 is 8.56 Å². The molecule has 0 spiro atoms. The van der Waals surface area contributed by atoms with Crippen molar-refractivity contribution in [1.29, 1.82) is 0 Å². The molecule has 0 rings (SSSR count). The summed E-state index contributed by atoms with van der Waals surface area (Å²) in [7, 11) is -3.19. The van der Waals surface area contributed by atoms with Crippen LogP contribution in [0.3, 0.4) is 0 Å². The van der Waals surface area contributed by atoms with Gasteiger partial charge in [-0.25, -0.2) is 0 Å². The number of hydrogen-bond acceptors (Lipinski definition) is 3. The average Bonchev–Trinajstić information content (AvgIpc) is 2.16. The van der Waals surface area contributed by atoms with Crippen LogP contribution in [-0.4, -0.2) is 8.56 Å². The standard InChI is InChI=1S/C4H9N9Si/c1-2-3-4-14(11-8-5,12-9-6)13-10-7/h2-4H2,1H3. The van der Waals surface area contributed by atoms with Crippen LogP contribution in [0.25, 0.3) is 31.3 Å². The largest absolute Gasteiger partial charge is 0.349 e. The summed E-state index contributed by atoms with van der Waals surface area (Å²) >= 11 is 0. The van der Waals surface area contributed by atoms with E-state index in [4.69, 9.17) is 16.6 Å². The molecule has 0 atom stereocenters. The molecular weight excluding hydrogens is 202 g/mol. The zero-order valence-corrected chi connectivity index (χ0v) is 8.65. The molecule has 0 aliphatic rings. The molecule has 74 valence electrons. The summed E-state index contributed by atoms with van der Waals surface area (Å²) in [6.07, 6.45) is 1.54. The first kappa shape index (κ1) is 12.1. The van der Waals surface area contributed by atoms with Crippen LogP contribution < -0.4 is 0 Å². The molecule has 0 radical (unpaired) electrons. The molecule has 0 heterocycles. The molecule has 0 aliphatic carbocycles. The van der Waals surface area contributed by atoms with Crippen LogP contribution in [-0.2, 0) is 0 Å². The zero-order valence-electron chi connectivity index (χ0n) is 7.65. The fourth-order valence-corrected chi connectivity index (χ4v) is 2.52. The fourth-order valence-electron chi connectivity index (χ4n) is 0.839. The fraction of sp³-hybridized carbons (Fsp3) is 1.00. The molecule has 0 N–H and O–H groups in total. The lowest BCUT2D eigenvalue weighted by atomic mass is 10.4. The summed E-state index contributed by atoms with van der Waals surface area (Å²) in [6.45, 7) is 1.93. The smallest absolute Gasteiger partial charge is 0.110 e. The van der Waals surface area contributed by atoms with Crippen molar-refractivity contribution >= 4 is 8.56 Å². The molecule has 10 heteroatoms. The predicted molar refractivity (Wildman–Crippen MR) is 52.9 cm³/mol. The Morgan fingerprint density at radius 1 is 1.00 bits per heavy atom. The summed E-state index contributed by atoms with van der Waals surface area (Å²) in [5.74, 6) is 0. The van der Waals surface area contributed by atoms with Crippen molar-refractivity contribution in [3.63, 3.8) is 0 Å². The second-order valence-corrected chi connectivity index (χ2v) is 5.09. The monoisotopic (exact) mass is 211 g/mol. The molecule has 0 fully saturated rings. The molecule has 0 saturated carbocycles. The third-order valence-corrected chi connectivity index (χ3v) is 3.73. The first-order chi connectivity index (χ1) is 6.74. The van der Waals surface area contributed by atoms with Gasteiger partial charge in [-0.15, -0.1) is 14.3 Å². The van der Waals surface area contributed by atoms with Crippen LogP contribution in [0.2, 0.25) is 6.04 Å². The van der Waals surface area contributed by atoms with E-state index in [-0.39, 0.29) is 0 Å². The summed E-state index contributed by atoms with van der Waals surface area (Å²) in [5.41, 5.74) is 24.8. The van der Waals surface area contributed by atoms with Crippen LogP contribution in [0.5, 0.6) is 0 Å². The Balaban J connectivity index is 5.01. The van der Waals surface area contributed by atoms with Crippen molar-refractivity contribution in [3.8, 4) is 0 Å². The number of nitrogens with zero attached hydrogens (tertiary/aromatic N) is 9. The number of unbranched alkanes of at least 4 members (excludes halogenated alkanes) is 1. The number of rotatable bonds is 6. The molecule has 0 aliphatic heterocycles. The SMILES string of the molecule is CCCC[Si](N=[N+]=[N-])(N=[N+]=[N-])N=[N+]=[N-]. The van der Waals surface area contributed by atoms with Gasteiger partial charge in [0.15, 0.2) is 0 Å². The third kappa shape index (κ3) is 3.70. The van der Waals surface area contributed by atoms with Gasteiger partial charge in [-0.3, -0.25) is 0 Å². The minimum Gasteiger partial charge on any atom is -0.110 e. The van der Waals surface area contributed by atoms with Crippen LogP contribution in [0.4, 0.5) is 0 Å². The molecule has 9 nitrogen and oxygen atoms in total. The van der Waals surface area contributed by atoms with E-state index in [1.165, 1.54) is 0 Å². The maximum Gasteiger partial charge on any atom is 0.349 e. The molecule has 14 heavy (non-hydrogen) atoms. The molecule has 0 aromatic rings. The third-order valence-electron chi connectivity index (χ3n) is 1.48. The molecule has 0 aromatic carbocycles. The highest BCUT2D eigenvalue weighted by Crippen LogP contribution is 2.19. The van der Waals surface area contributed by atoms with Gasteiger partial charge < -0.3 is 0 Å². The molecule has 0 saturated heterocycles. The molecule has 0 unspecified atom stereocenters. The van der Waals surface area contributed by atoms with Gasteiger partial charge in [0.25, 0.3) is 0 Å². The second-order valence-electron chi connectivity index (χ2n) is 2.45. The molecule has 0 aromatic heterocycles. The summed E-state index contributed by atoms with van der Waals surface area (Å²) in [6, 6.07) is 0.349. The molecule has 0 bridgehead atoms. The van der Waals surface area contributed by atoms with Crippen molar-refractivity contribution < 1.29 is 0 Å². The number of hydrogen-bond donors (Lipinski definition) is 0. The van der Waals surface area contributed by atoms with Crippen LogP contribution in [0.15, 0.2) is 14.3 Å². The van der Waals surface area contributed by atoms with Crippen molar-refractivity contribution in [1.82, 2.24) is 0 Å². The maximum atomic E-state index is 8.28. The first-order valence-electron chi connectivity index (χ1n) is 3.93. The Morgan fingerprint density at radius 3 is 1.71 bits per heavy atom. The van der Waals surface area contributed by atoms with E-state index in [2.05, 4.69) is 29.1 Å². The minimum atomic E-state index is -3.19. The molecule has 0 amide bonds. The normalized spacial score (nSPS) is 12.6. The average molecular weight is 211 g/mol.